The molecule has 2 aromatic carbocycles. The Morgan fingerprint density at radius 2 is 1.00 bits per heavy atom. The summed E-state index contributed by atoms with van der Waals surface area (Å²) in [5, 5.41) is 0. The topological polar surface area (TPSA) is 46.2 Å². The predicted molar refractivity (Wildman–Crippen MR) is 93.1 cm³/mol. The average Bonchev–Trinajstić information content (AvgIpc) is 2.64. The highest BCUT2D eigenvalue weighted by Gasteiger charge is 2.13. The molecule has 0 bridgehead atoms. The molecule has 2 rings (SSSR count). The molecule has 0 unspecified atom stereocenters. The zero-order valence-electron chi connectivity index (χ0n) is 14.8. The van der Waals surface area contributed by atoms with Crippen molar-refractivity contribution in [2.45, 2.75) is 12.8 Å². The molecular weight excluding hydrogens is 308 g/mol. The Bertz CT molecular complexity index is 634. The number of ether oxygens (including phenoxy) is 5. The molecule has 0 heterocycles. The maximum atomic E-state index is 5.40. The number of aryl methyl sites for hydroxylation is 2. The Morgan fingerprint density at radius 1 is 0.542 bits per heavy atom. The van der Waals surface area contributed by atoms with Crippen molar-refractivity contribution in [2.24, 2.45) is 0 Å². The summed E-state index contributed by atoms with van der Waals surface area (Å²) < 4.78 is 26.8. The van der Waals surface area contributed by atoms with E-state index in [0.717, 1.165) is 35.5 Å². The Hall–Kier alpha value is -2.56. The summed E-state index contributed by atoms with van der Waals surface area (Å²) in [5.74, 6) is 3.50. The van der Waals surface area contributed by atoms with E-state index >= 15 is 0 Å². The molecule has 2 aromatic rings. The highest BCUT2D eigenvalue weighted by molar-refractivity contribution is 5.54. The molecule has 0 fully saturated rings. The SMILES string of the molecule is COc1cc(CCc2cc(OC)c(OC)c(OC)c2)cc(OC)c1. The fraction of sp³-hybridized carbons (Fsp3) is 0.368. The van der Waals surface area contributed by atoms with Gasteiger partial charge in [0.05, 0.1) is 35.5 Å². The molecule has 0 saturated carbocycles. The molecule has 0 saturated heterocycles. The molecule has 0 amide bonds. The van der Waals surface area contributed by atoms with Crippen LogP contribution in [-0.2, 0) is 12.8 Å². The number of hydrogen-bond acceptors (Lipinski definition) is 5. The number of methoxy groups -OCH3 is 5. The van der Waals surface area contributed by atoms with Crippen LogP contribution >= 0.6 is 0 Å². The quantitative estimate of drug-likeness (QED) is 0.740. The minimum Gasteiger partial charge on any atom is -0.497 e. The van der Waals surface area contributed by atoms with E-state index in [2.05, 4.69) is 0 Å². The van der Waals surface area contributed by atoms with Crippen molar-refractivity contribution in [1.82, 2.24) is 0 Å². The monoisotopic (exact) mass is 332 g/mol. The summed E-state index contributed by atoms with van der Waals surface area (Å²) in [6.07, 6.45) is 1.67. The lowest BCUT2D eigenvalue weighted by atomic mass is 10.0. The number of rotatable bonds is 8. The van der Waals surface area contributed by atoms with Gasteiger partial charge < -0.3 is 23.7 Å². The van der Waals surface area contributed by atoms with Crippen LogP contribution in [-0.4, -0.2) is 35.5 Å². The molecule has 5 nitrogen and oxygen atoms in total. The molecule has 0 aliphatic heterocycles. The Labute approximate surface area is 143 Å². The van der Waals surface area contributed by atoms with Crippen LogP contribution in [0.5, 0.6) is 28.7 Å². The first-order valence-corrected chi connectivity index (χ1v) is 7.66. The molecule has 0 radical (unpaired) electrons. The first kappa shape index (κ1) is 17.8. The summed E-state index contributed by atoms with van der Waals surface area (Å²) in [6.45, 7) is 0. The second-order valence-corrected chi connectivity index (χ2v) is 5.25. The van der Waals surface area contributed by atoms with Crippen LogP contribution in [0.1, 0.15) is 11.1 Å². The van der Waals surface area contributed by atoms with E-state index in [1.807, 2.05) is 30.3 Å². The molecule has 24 heavy (non-hydrogen) atoms. The summed E-state index contributed by atoms with van der Waals surface area (Å²) >= 11 is 0. The standard InChI is InChI=1S/C19H24O5/c1-20-15-8-13(9-16(12-15)21-2)6-7-14-10-17(22-3)19(24-5)18(11-14)23-4/h8-12H,6-7H2,1-5H3. The van der Waals surface area contributed by atoms with E-state index < -0.39 is 0 Å². The Balaban J connectivity index is 2.23. The van der Waals surface area contributed by atoms with Crippen LogP contribution in [0.4, 0.5) is 0 Å². The first-order valence-electron chi connectivity index (χ1n) is 7.66. The van der Waals surface area contributed by atoms with Crippen molar-refractivity contribution >= 4 is 0 Å². The Kier molecular flexibility index (Phi) is 6.18. The molecule has 0 atom stereocenters. The number of hydrogen-bond donors (Lipinski definition) is 0. The fourth-order valence-electron chi connectivity index (χ4n) is 2.58. The van der Waals surface area contributed by atoms with Crippen molar-refractivity contribution in [1.29, 1.82) is 0 Å². The molecular formula is C19H24O5. The van der Waals surface area contributed by atoms with E-state index in [1.54, 1.807) is 35.5 Å². The first-order chi connectivity index (χ1) is 11.6. The van der Waals surface area contributed by atoms with Gasteiger partial charge in [0.25, 0.3) is 0 Å². The normalized spacial score (nSPS) is 10.2. The fourth-order valence-corrected chi connectivity index (χ4v) is 2.58. The minimum atomic E-state index is 0.604. The molecule has 0 spiro atoms. The van der Waals surface area contributed by atoms with Crippen molar-refractivity contribution in [2.75, 3.05) is 35.5 Å². The molecule has 0 N–H and O–H groups in total. The van der Waals surface area contributed by atoms with Crippen LogP contribution in [0.2, 0.25) is 0 Å². The van der Waals surface area contributed by atoms with Gasteiger partial charge in [-0.05, 0) is 48.2 Å². The second kappa shape index (κ2) is 8.34. The highest BCUT2D eigenvalue weighted by Crippen LogP contribution is 2.38. The zero-order chi connectivity index (χ0) is 17.5. The lowest BCUT2D eigenvalue weighted by Gasteiger charge is -2.14. The number of benzene rings is 2. The third-order valence-electron chi connectivity index (χ3n) is 3.84. The van der Waals surface area contributed by atoms with E-state index in [9.17, 15) is 0 Å². The van der Waals surface area contributed by atoms with E-state index in [-0.39, 0.29) is 0 Å². The zero-order valence-corrected chi connectivity index (χ0v) is 14.8. The summed E-state index contributed by atoms with van der Waals surface area (Å²) in [7, 11) is 8.14. The average molecular weight is 332 g/mol. The van der Waals surface area contributed by atoms with Gasteiger partial charge >= 0.3 is 0 Å². The van der Waals surface area contributed by atoms with Crippen LogP contribution in [0, 0.1) is 0 Å². The van der Waals surface area contributed by atoms with Crippen molar-refractivity contribution in [3.8, 4) is 28.7 Å². The van der Waals surface area contributed by atoms with Crippen molar-refractivity contribution < 1.29 is 23.7 Å². The second-order valence-electron chi connectivity index (χ2n) is 5.25. The van der Waals surface area contributed by atoms with Crippen LogP contribution in [0.3, 0.4) is 0 Å². The molecule has 0 aliphatic carbocycles. The van der Waals surface area contributed by atoms with Gasteiger partial charge in [-0.1, -0.05) is 0 Å². The predicted octanol–water partition coefficient (Wildman–Crippen LogP) is 3.51. The van der Waals surface area contributed by atoms with Crippen LogP contribution in [0.15, 0.2) is 30.3 Å². The molecule has 5 heteroatoms. The van der Waals surface area contributed by atoms with Gasteiger partial charge in [0.1, 0.15) is 11.5 Å². The van der Waals surface area contributed by atoms with Gasteiger partial charge in [-0.15, -0.1) is 0 Å². The largest absolute Gasteiger partial charge is 0.497 e. The van der Waals surface area contributed by atoms with Gasteiger partial charge in [0, 0.05) is 6.07 Å². The smallest absolute Gasteiger partial charge is 0.203 e. The summed E-state index contributed by atoms with van der Waals surface area (Å²) in [4.78, 5) is 0. The maximum absolute atomic E-state index is 5.40. The van der Waals surface area contributed by atoms with Crippen molar-refractivity contribution in [3.05, 3.63) is 41.5 Å². The van der Waals surface area contributed by atoms with Gasteiger partial charge in [0.2, 0.25) is 5.75 Å². The van der Waals surface area contributed by atoms with E-state index in [0.29, 0.717) is 17.2 Å². The highest BCUT2D eigenvalue weighted by atomic mass is 16.5. The maximum Gasteiger partial charge on any atom is 0.203 e. The van der Waals surface area contributed by atoms with E-state index in [1.165, 1.54) is 0 Å². The molecule has 0 aromatic heterocycles. The van der Waals surface area contributed by atoms with Gasteiger partial charge in [-0.3, -0.25) is 0 Å². The Morgan fingerprint density at radius 3 is 1.38 bits per heavy atom. The van der Waals surface area contributed by atoms with Gasteiger partial charge in [-0.2, -0.15) is 0 Å². The lowest BCUT2D eigenvalue weighted by Crippen LogP contribution is -1.99. The third kappa shape index (κ3) is 4.04. The van der Waals surface area contributed by atoms with Gasteiger partial charge in [-0.25, -0.2) is 0 Å². The summed E-state index contributed by atoms with van der Waals surface area (Å²) in [5.41, 5.74) is 2.24. The summed E-state index contributed by atoms with van der Waals surface area (Å²) in [6, 6.07) is 9.83. The van der Waals surface area contributed by atoms with Gasteiger partial charge in [0.15, 0.2) is 11.5 Å². The van der Waals surface area contributed by atoms with E-state index in [4.69, 9.17) is 23.7 Å². The van der Waals surface area contributed by atoms with Crippen LogP contribution in [0.25, 0.3) is 0 Å². The van der Waals surface area contributed by atoms with Crippen LogP contribution < -0.4 is 23.7 Å². The molecule has 130 valence electrons. The van der Waals surface area contributed by atoms with Crippen molar-refractivity contribution in [3.63, 3.8) is 0 Å². The lowest BCUT2D eigenvalue weighted by molar-refractivity contribution is 0.324. The minimum absolute atomic E-state index is 0.604. The third-order valence-corrected chi connectivity index (χ3v) is 3.84. The molecule has 0 aliphatic rings.